The number of hydrogen-bond donors (Lipinski definition) is 2. The Morgan fingerprint density at radius 1 is 1.47 bits per heavy atom. The van der Waals surface area contributed by atoms with Crippen molar-refractivity contribution in [2.45, 2.75) is 6.92 Å². The zero-order chi connectivity index (χ0) is 13.6. The topological polar surface area (TPSA) is 83.8 Å². The summed E-state index contributed by atoms with van der Waals surface area (Å²) in [5.41, 5.74) is 2.58. The van der Waals surface area contributed by atoms with E-state index >= 15 is 0 Å². The van der Waals surface area contributed by atoms with Crippen molar-refractivity contribution in [2.24, 2.45) is 0 Å². The summed E-state index contributed by atoms with van der Waals surface area (Å²) in [5, 5.41) is 13.4. The van der Waals surface area contributed by atoms with Gasteiger partial charge < -0.3 is 10.1 Å². The summed E-state index contributed by atoms with van der Waals surface area (Å²) in [6, 6.07) is 3.64. The maximum Gasteiger partial charge on any atom is 0.338 e. The number of aromatic amines is 1. The molecule has 0 aliphatic rings. The standard InChI is InChI=1S/C12H9ClN4O2/c1-6-2-9-10(3-8(6)13)16-12(15-9)17-5-7(4-14-17)11(18)19/h2-5H,1H3,(H,15,16)(H,18,19). The number of halogens is 1. The highest BCUT2D eigenvalue weighted by Gasteiger charge is 2.11. The normalized spacial score (nSPS) is 11.1. The van der Waals surface area contributed by atoms with Crippen molar-refractivity contribution in [2.75, 3.05) is 0 Å². The third-order valence-electron chi connectivity index (χ3n) is 2.80. The minimum absolute atomic E-state index is 0.106. The maximum atomic E-state index is 10.8. The molecule has 0 saturated carbocycles. The molecule has 3 aromatic rings. The van der Waals surface area contributed by atoms with Gasteiger partial charge in [-0.15, -0.1) is 0 Å². The zero-order valence-corrected chi connectivity index (χ0v) is 10.6. The Bertz CT molecular complexity index is 751. The molecule has 2 heterocycles. The van der Waals surface area contributed by atoms with E-state index in [0.717, 1.165) is 11.1 Å². The molecule has 0 radical (unpaired) electrons. The number of benzene rings is 1. The Balaban J connectivity index is 2.12. The van der Waals surface area contributed by atoms with E-state index in [-0.39, 0.29) is 5.56 Å². The fourth-order valence-corrected chi connectivity index (χ4v) is 1.94. The van der Waals surface area contributed by atoms with Gasteiger partial charge in [-0.25, -0.2) is 14.5 Å². The van der Waals surface area contributed by atoms with Gasteiger partial charge in [0.1, 0.15) is 0 Å². The van der Waals surface area contributed by atoms with Gasteiger partial charge in [0.05, 0.1) is 22.8 Å². The van der Waals surface area contributed by atoms with Crippen molar-refractivity contribution in [3.05, 3.63) is 40.7 Å². The molecule has 0 fully saturated rings. The number of aromatic carboxylic acids is 1. The first-order valence-corrected chi connectivity index (χ1v) is 5.86. The molecule has 0 atom stereocenters. The van der Waals surface area contributed by atoms with Gasteiger partial charge >= 0.3 is 5.97 Å². The van der Waals surface area contributed by atoms with E-state index in [2.05, 4.69) is 15.1 Å². The van der Waals surface area contributed by atoms with E-state index in [1.165, 1.54) is 17.1 Å². The third-order valence-corrected chi connectivity index (χ3v) is 3.20. The molecule has 0 spiro atoms. The van der Waals surface area contributed by atoms with Gasteiger partial charge in [0.2, 0.25) is 5.95 Å². The third kappa shape index (κ3) is 1.96. The highest BCUT2D eigenvalue weighted by molar-refractivity contribution is 6.32. The molecule has 19 heavy (non-hydrogen) atoms. The highest BCUT2D eigenvalue weighted by atomic mass is 35.5. The van der Waals surface area contributed by atoms with E-state index in [1.807, 2.05) is 13.0 Å². The van der Waals surface area contributed by atoms with Gasteiger partial charge in [-0.05, 0) is 24.6 Å². The first kappa shape index (κ1) is 11.7. The van der Waals surface area contributed by atoms with Crippen molar-refractivity contribution in [1.29, 1.82) is 0 Å². The first-order valence-electron chi connectivity index (χ1n) is 5.49. The predicted molar refractivity (Wildman–Crippen MR) is 69.9 cm³/mol. The number of hydrogen-bond acceptors (Lipinski definition) is 3. The lowest BCUT2D eigenvalue weighted by Gasteiger charge is -1.95. The van der Waals surface area contributed by atoms with Crippen LogP contribution >= 0.6 is 11.6 Å². The molecule has 0 bridgehead atoms. The van der Waals surface area contributed by atoms with E-state index in [0.29, 0.717) is 16.5 Å². The quantitative estimate of drug-likeness (QED) is 0.753. The Morgan fingerprint density at radius 3 is 2.95 bits per heavy atom. The molecule has 0 aliphatic heterocycles. The smallest absolute Gasteiger partial charge is 0.338 e. The second kappa shape index (κ2) is 4.10. The number of imidazole rings is 1. The number of fused-ring (bicyclic) bond motifs is 1. The van der Waals surface area contributed by atoms with E-state index in [9.17, 15) is 4.79 Å². The number of carbonyl (C=O) groups is 1. The molecule has 1 aromatic carbocycles. The molecule has 3 rings (SSSR count). The number of rotatable bonds is 2. The number of nitrogens with zero attached hydrogens (tertiary/aromatic N) is 3. The molecule has 7 heteroatoms. The number of H-pyrrole nitrogens is 1. The second-order valence-corrected chi connectivity index (χ2v) is 4.56. The number of aromatic nitrogens is 4. The fourth-order valence-electron chi connectivity index (χ4n) is 1.78. The maximum absolute atomic E-state index is 10.8. The van der Waals surface area contributed by atoms with Crippen LogP contribution in [0.4, 0.5) is 0 Å². The van der Waals surface area contributed by atoms with Crippen molar-refractivity contribution >= 4 is 28.6 Å². The average molecular weight is 277 g/mol. The van der Waals surface area contributed by atoms with Crippen LogP contribution in [0.25, 0.3) is 17.0 Å². The largest absolute Gasteiger partial charge is 0.478 e. The van der Waals surface area contributed by atoms with Crippen LogP contribution in [-0.2, 0) is 0 Å². The summed E-state index contributed by atoms with van der Waals surface area (Å²) in [7, 11) is 0. The minimum Gasteiger partial charge on any atom is -0.478 e. The van der Waals surface area contributed by atoms with Crippen LogP contribution in [0.2, 0.25) is 5.02 Å². The van der Waals surface area contributed by atoms with Crippen molar-refractivity contribution in [3.63, 3.8) is 0 Å². The van der Waals surface area contributed by atoms with Crippen LogP contribution in [0, 0.1) is 6.92 Å². The molecule has 0 saturated heterocycles. The van der Waals surface area contributed by atoms with Gasteiger partial charge in [-0.3, -0.25) is 0 Å². The number of nitrogens with one attached hydrogen (secondary N) is 1. The number of carboxylic acid groups (broad SMARTS) is 1. The summed E-state index contributed by atoms with van der Waals surface area (Å²) in [4.78, 5) is 18.2. The van der Waals surface area contributed by atoms with Crippen LogP contribution in [0.5, 0.6) is 0 Å². The zero-order valence-electron chi connectivity index (χ0n) is 9.88. The molecular formula is C12H9ClN4O2. The van der Waals surface area contributed by atoms with Crippen LogP contribution in [0.3, 0.4) is 0 Å². The molecule has 0 aliphatic carbocycles. The summed E-state index contributed by atoms with van der Waals surface area (Å²) in [5.74, 6) is -0.578. The summed E-state index contributed by atoms with van der Waals surface area (Å²) >= 11 is 6.03. The average Bonchev–Trinajstić information content (AvgIpc) is 2.95. The molecule has 96 valence electrons. The highest BCUT2D eigenvalue weighted by Crippen LogP contribution is 2.22. The van der Waals surface area contributed by atoms with E-state index in [4.69, 9.17) is 16.7 Å². The molecule has 6 nitrogen and oxygen atoms in total. The molecule has 0 unspecified atom stereocenters. The Hall–Kier alpha value is -2.34. The lowest BCUT2D eigenvalue weighted by Crippen LogP contribution is -1.97. The van der Waals surface area contributed by atoms with Gasteiger partial charge in [-0.2, -0.15) is 5.10 Å². The number of aryl methyl sites for hydroxylation is 1. The molecule has 2 N–H and O–H groups in total. The van der Waals surface area contributed by atoms with Crippen molar-refractivity contribution in [1.82, 2.24) is 19.7 Å². The number of carboxylic acids is 1. The van der Waals surface area contributed by atoms with Gasteiger partial charge in [0.15, 0.2) is 0 Å². The SMILES string of the molecule is Cc1cc2[nH]c(-n3cc(C(=O)O)cn3)nc2cc1Cl. The van der Waals surface area contributed by atoms with Crippen LogP contribution in [0.15, 0.2) is 24.5 Å². The molecular weight excluding hydrogens is 268 g/mol. The summed E-state index contributed by atoms with van der Waals surface area (Å²) in [6.45, 7) is 1.90. The molecule has 2 aromatic heterocycles. The fraction of sp³-hybridized carbons (Fsp3) is 0.0833. The lowest BCUT2D eigenvalue weighted by atomic mass is 10.2. The van der Waals surface area contributed by atoms with Crippen molar-refractivity contribution < 1.29 is 9.90 Å². The minimum atomic E-state index is -1.03. The van der Waals surface area contributed by atoms with Crippen molar-refractivity contribution in [3.8, 4) is 5.95 Å². The van der Waals surface area contributed by atoms with Gasteiger partial charge in [0.25, 0.3) is 0 Å². The van der Waals surface area contributed by atoms with Crippen LogP contribution < -0.4 is 0 Å². The van der Waals surface area contributed by atoms with Gasteiger partial charge in [0, 0.05) is 11.2 Å². The first-order chi connectivity index (χ1) is 9.04. The monoisotopic (exact) mass is 276 g/mol. The van der Waals surface area contributed by atoms with E-state index < -0.39 is 5.97 Å². The Kier molecular flexibility index (Phi) is 2.53. The second-order valence-electron chi connectivity index (χ2n) is 4.16. The molecule has 0 amide bonds. The Labute approximate surface area is 112 Å². The van der Waals surface area contributed by atoms with Crippen LogP contribution in [-0.4, -0.2) is 30.8 Å². The summed E-state index contributed by atoms with van der Waals surface area (Å²) in [6.07, 6.45) is 2.67. The van der Waals surface area contributed by atoms with Gasteiger partial charge in [-0.1, -0.05) is 11.6 Å². The predicted octanol–water partition coefficient (Wildman–Crippen LogP) is 2.41. The lowest BCUT2D eigenvalue weighted by molar-refractivity contribution is 0.0697. The summed E-state index contributed by atoms with van der Waals surface area (Å²) < 4.78 is 1.38. The van der Waals surface area contributed by atoms with Crippen LogP contribution in [0.1, 0.15) is 15.9 Å². The van der Waals surface area contributed by atoms with E-state index in [1.54, 1.807) is 6.07 Å². The Morgan fingerprint density at radius 2 is 2.26 bits per heavy atom.